The highest BCUT2D eigenvalue weighted by Crippen LogP contribution is 2.23. The Hall–Kier alpha value is -2.78. The molecule has 2 aromatic rings. The number of benzene rings is 2. The van der Waals surface area contributed by atoms with Crippen molar-refractivity contribution in [2.24, 2.45) is 0 Å². The molecule has 3 rings (SSSR count). The van der Waals surface area contributed by atoms with Gasteiger partial charge in [0.05, 0.1) is 9.82 Å². The Labute approximate surface area is 163 Å². The number of non-ortho nitro benzene ring substituents is 1. The number of amides is 1. The first-order valence-electron chi connectivity index (χ1n) is 9.00. The van der Waals surface area contributed by atoms with Crippen molar-refractivity contribution < 1.29 is 18.1 Å². The van der Waals surface area contributed by atoms with Crippen LogP contribution in [-0.2, 0) is 16.6 Å². The van der Waals surface area contributed by atoms with Gasteiger partial charge in [0.15, 0.2) is 0 Å². The van der Waals surface area contributed by atoms with Crippen LogP contribution in [0.3, 0.4) is 0 Å². The van der Waals surface area contributed by atoms with Crippen LogP contribution < -0.4 is 5.32 Å². The number of nitrogens with one attached hydrogen (secondary N) is 1. The van der Waals surface area contributed by atoms with Crippen molar-refractivity contribution in [3.63, 3.8) is 0 Å². The number of piperidine rings is 1. The zero-order valence-electron chi connectivity index (χ0n) is 15.2. The average Bonchev–Trinajstić information content (AvgIpc) is 2.73. The van der Waals surface area contributed by atoms with Gasteiger partial charge in [-0.2, -0.15) is 4.31 Å². The van der Waals surface area contributed by atoms with Crippen molar-refractivity contribution in [3.8, 4) is 0 Å². The molecule has 8 nitrogen and oxygen atoms in total. The molecular weight excluding hydrogens is 382 g/mol. The lowest BCUT2D eigenvalue weighted by Crippen LogP contribution is -2.36. The smallest absolute Gasteiger partial charge is 0.269 e. The van der Waals surface area contributed by atoms with Crippen LogP contribution in [0.25, 0.3) is 0 Å². The Morgan fingerprint density at radius 1 is 1.04 bits per heavy atom. The lowest BCUT2D eigenvalue weighted by atomic mass is 10.2. The molecule has 0 aromatic heterocycles. The molecule has 0 aliphatic carbocycles. The second kappa shape index (κ2) is 8.49. The first kappa shape index (κ1) is 20.0. The quantitative estimate of drug-likeness (QED) is 0.589. The van der Waals surface area contributed by atoms with Gasteiger partial charge >= 0.3 is 0 Å². The van der Waals surface area contributed by atoms with E-state index in [4.69, 9.17) is 0 Å². The normalized spacial score (nSPS) is 15.1. The summed E-state index contributed by atoms with van der Waals surface area (Å²) in [6.07, 6.45) is 2.72. The van der Waals surface area contributed by atoms with Gasteiger partial charge in [0.1, 0.15) is 0 Å². The fourth-order valence-electron chi connectivity index (χ4n) is 3.16. The molecule has 0 atom stereocenters. The Balaban J connectivity index is 1.74. The number of nitrogens with zero attached hydrogens (tertiary/aromatic N) is 2. The topological polar surface area (TPSA) is 110 Å². The van der Waals surface area contributed by atoms with Crippen LogP contribution in [0.2, 0.25) is 0 Å². The summed E-state index contributed by atoms with van der Waals surface area (Å²) in [5.74, 6) is -0.430. The van der Waals surface area contributed by atoms with Gasteiger partial charge in [0.2, 0.25) is 10.0 Å². The monoisotopic (exact) mass is 403 g/mol. The molecule has 148 valence electrons. The SMILES string of the molecule is O=C(NCc1ccccc1S(=O)(=O)N1CCCCC1)c1ccc([N+](=O)[O-])cc1. The Bertz CT molecular complexity index is 967. The minimum Gasteiger partial charge on any atom is -0.348 e. The van der Waals surface area contributed by atoms with Gasteiger partial charge in [-0.25, -0.2) is 8.42 Å². The lowest BCUT2D eigenvalue weighted by Gasteiger charge is -2.26. The van der Waals surface area contributed by atoms with Gasteiger partial charge in [-0.15, -0.1) is 0 Å². The van der Waals surface area contributed by atoms with Crippen LogP contribution in [0.1, 0.15) is 35.2 Å². The van der Waals surface area contributed by atoms with Crippen LogP contribution in [-0.4, -0.2) is 36.6 Å². The van der Waals surface area contributed by atoms with Crippen LogP contribution in [0.15, 0.2) is 53.4 Å². The molecule has 0 spiro atoms. The number of hydrogen-bond donors (Lipinski definition) is 1. The number of carbonyl (C=O) groups excluding carboxylic acids is 1. The number of rotatable bonds is 6. The molecule has 0 radical (unpaired) electrons. The molecule has 0 bridgehead atoms. The number of nitro benzene ring substituents is 1. The Morgan fingerprint density at radius 2 is 1.68 bits per heavy atom. The summed E-state index contributed by atoms with van der Waals surface area (Å²) in [5, 5.41) is 13.4. The summed E-state index contributed by atoms with van der Waals surface area (Å²) >= 11 is 0. The third-order valence-corrected chi connectivity index (χ3v) is 6.68. The van der Waals surface area contributed by atoms with E-state index in [1.165, 1.54) is 28.6 Å². The van der Waals surface area contributed by atoms with E-state index in [0.717, 1.165) is 19.3 Å². The zero-order chi connectivity index (χ0) is 20.1. The van der Waals surface area contributed by atoms with E-state index >= 15 is 0 Å². The van der Waals surface area contributed by atoms with Gasteiger partial charge < -0.3 is 5.32 Å². The van der Waals surface area contributed by atoms with Crippen LogP contribution in [0.5, 0.6) is 0 Å². The zero-order valence-corrected chi connectivity index (χ0v) is 16.0. The second-order valence-electron chi connectivity index (χ2n) is 6.56. The third-order valence-electron chi connectivity index (χ3n) is 4.69. The molecule has 1 fully saturated rings. The maximum Gasteiger partial charge on any atom is 0.269 e. The largest absolute Gasteiger partial charge is 0.348 e. The van der Waals surface area contributed by atoms with Gasteiger partial charge in [-0.3, -0.25) is 14.9 Å². The fraction of sp³-hybridized carbons (Fsp3) is 0.316. The van der Waals surface area contributed by atoms with Crippen molar-refractivity contribution in [2.45, 2.75) is 30.7 Å². The average molecular weight is 403 g/mol. The summed E-state index contributed by atoms with van der Waals surface area (Å²) in [7, 11) is -3.61. The number of hydrogen-bond acceptors (Lipinski definition) is 5. The third kappa shape index (κ3) is 4.37. The minimum atomic E-state index is -3.61. The van der Waals surface area contributed by atoms with Gasteiger partial charge in [-0.1, -0.05) is 24.6 Å². The van der Waals surface area contributed by atoms with Crippen molar-refractivity contribution >= 4 is 21.6 Å². The summed E-state index contributed by atoms with van der Waals surface area (Å²) in [4.78, 5) is 22.7. The maximum atomic E-state index is 13.0. The molecule has 1 amide bonds. The first-order valence-corrected chi connectivity index (χ1v) is 10.4. The van der Waals surface area contributed by atoms with E-state index < -0.39 is 20.9 Å². The van der Waals surface area contributed by atoms with E-state index in [0.29, 0.717) is 18.7 Å². The minimum absolute atomic E-state index is 0.0407. The maximum absolute atomic E-state index is 13.0. The van der Waals surface area contributed by atoms with Crippen LogP contribution >= 0.6 is 0 Å². The second-order valence-corrected chi connectivity index (χ2v) is 8.47. The highest BCUT2D eigenvalue weighted by atomic mass is 32.2. The van der Waals surface area contributed by atoms with E-state index in [1.54, 1.807) is 24.3 Å². The molecule has 1 heterocycles. The summed E-state index contributed by atoms with van der Waals surface area (Å²) in [6.45, 7) is 1.05. The lowest BCUT2D eigenvalue weighted by molar-refractivity contribution is -0.384. The van der Waals surface area contributed by atoms with Crippen LogP contribution in [0, 0.1) is 10.1 Å². The molecule has 1 saturated heterocycles. The van der Waals surface area contributed by atoms with Crippen LogP contribution in [0.4, 0.5) is 5.69 Å². The molecule has 1 aliphatic rings. The van der Waals surface area contributed by atoms with E-state index in [9.17, 15) is 23.3 Å². The molecule has 9 heteroatoms. The molecule has 1 aliphatic heterocycles. The Kier molecular flexibility index (Phi) is 6.05. The molecule has 0 unspecified atom stereocenters. The van der Waals surface area contributed by atoms with E-state index in [1.807, 2.05) is 0 Å². The standard InChI is InChI=1S/C19H21N3O5S/c23-19(15-8-10-17(11-9-15)22(24)25)20-14-16-6-2-3-7-18(16)28(26,27)21-12-4-1-5-13-21/h2-3,6-11H,1,4-5,12-14H2,(H,20,23). The summed E-state index contributed by atoms with van der Waals surface area (Å²) in [6, 6.07) is 11.9. The molecular formula is C19H21N3O5S. The number of sulfonamides is 1. The predicted molar refractivity (Wildman–Crippen MR) is 103 cm³/mol. The van der Waals surface area contributed by atoms with Gasteiger partial charge in [0.25, 0.3) is 11.6 Å². The van der Waals surface area contributed by atoms with Crippen molar-refractivity contribution in [2.75, 3.05) is 13.1 Å². The van der Waals surface area contributed by atoms with Crippen molar-refractivity contribution in [1.82, 2.24) is 9.62 Å². The molecule has 28 heavy (non-hydrogen) atoms. The molecule has 0 saturated carbocycles. The molecule has 2 aromatic carbocycles. The Morgan fingerprint density at radius 3 is 2.32 bits per heavy atom. The summed E-state index contributed by atoms with van der Waals surface area (Å²) < 4.78 is 27.4. The molecule has 1 N–H and O–H groups in total. The number of carbonyl (C=O) groups is 1. The van der Waals surface area contributed by atoms with Crippen molar-refractivity contribution in [1.29, 1.82) is 0 Å². The van der Waals surface area contributed by atoms with E-state index in [2.05, 4.69) is 5.32 Å². The van der Waals surface area contributed by atoms with Gasteiger partial charge in [-0.05, 0) is 36.6 Å². The first-order chi connectivity index (χ1) is 13.4. The highest BCUT2D eigenvalue weighted by Gasteiger charge is 2.27. The predicted octanol–water partition coefficient (Wildman–Crippen LogP) is 2.70. The fourth-order valence-corrected chi connectivity index (χ4v) is 4.90. The van der Waals surface area contributed by atoms with Gasteiger partial charge in [0, 0.05) is 37.3 Å². The highest BCUT2D eigenvalue weighted by molar-refractivity contribution is 7.89. The van der Waals surface area contributed by atoms with Crippen molar-refractivity contribution in [3.05, 3.63) is 69.8 Å². The number of nitro groups is 1. The summed E-state index contributed by atoms with van der Waals surface area (Å²) in [5.41, 5.74) is 0.667. The van der Waals surface area contributed by atoms with E-state index in [-0.39, 0.29) is 22.7 Å².